The molecule has 3 rings (SSSR count). The van der Waals surface area contributed by atoms with E-state index in [1.165, 1.54) is 12.1 Å². The van der Waals surface area contributed by atoms with Gasteiger partial charge in [0.25, 0.3) is 0 Å². The first-order valence-electron chi connectivity index (χ1n) is 6.80. The second kappa shape index (κ2) is 6.28. The summed E-state index contributed by atoms with van der Waals surface area (Å²) in [6, 6.07) is 8.38. The normalized spacial score (nSPS) is 13.3. The highest BCUT2D eigenvalue weighted by Gasteiger charge is 2.09. The fourth-order valence-electron chi connectivity index (χ4n) is 2.30. The molecule has 1 aliphatic rings. The van der Waals surface area contributed by atoms with Crippen LogP contribution < -0.4 is 15.3 Å². The predicted molar refractivity (Wildman–Crippen MR) is 75.1 cm³/mol. The van der Waals surface area contributed by atoms with Crippen molar-refractivity contribution >= 4 is 6.20 Å². The summed E-state index contributed by atoms with van der Waals surface area (Å²) in [4.78, 5) is 6.00. The zero-order valence-corrected chi connectivity index (χ0v) is 11.8. The van der Waals surface area contributed by atoms with Crippen molar-refractivity contribution in [3.63, 3.8) is 0 Å². The van der Waals surface area contributed by atoms with Crippen molar-refractivity contribution in [2.45, 2.75) is 13.2 Å². The Labute approximate surface area is 129 Å². The lowest BCUT2D eigenvalue weighted by atomic mass is 10.2. The second-order valence-electron chi connectivity index (χ2n) is 5.02. The Balaban J connectivity index is 1.76. The van der Waals surface area contributed by atoms with E-state index in [1.807, 2.05) is 4.90 Å². The highest BCUT2D eigenvalue weighted by Crippen LogP contribution is 2.16. The number of fused-ring (bicyclic) bond motifs is 1. The standard InChI is InChI=1S/C16H12F4N2O/c17-13-5-11-8-22(9-21-15(11)6-14(13)18)7-10-1-3-12(4-2-10)23-16(19)20/h1-6,8,16H,7,9H2. The minimum Gasteiger partial charge on any atom is -0.435 e. The van der Waals surface area contributed by atoms with Crippen LogP contribution in [0.15, 0.2) is 41.4 Å². The third kappa shape index (κ3) is 3.61. The van der Waals surface area contributed by atoms with Crippen LogP contribution in [-0.4, -0.2) is 18.2 Å². The number of hydrogen-bond donors (Lipinski definition) is 0. The summed E-state index contributed by atoms with van der Waals surface area (Å²) >= 11 is 0. The lowest BCUT2D eigenvalue weighted by Gasteiger charge is -2.21. The third-order valence-corrected chi connectivity index (χ3v) is 3.35. The predicted octanol–water partition coefficient (Wildman–Crippen LogP) is 2.40. The molecule has 3 nitrogen and oxygen atoms in total. The van der Waals surface area contributed by atoms with Gasteiger partial charge in [-0.3, -0.25) is 4.99 Å². The van der Waals surface area contributed by atoms with Gasteiger partial charge < -0.3 is 9.64 Å². The van der Waals surface area contributed by atoms with Crippen LogP contribution in [0.3, 0.4) is 0 Å². The van der Waals surface area contributed by atoms with Gasteiger partial charge in [-0.2, -0.15) is 8.78 Å². The van der Waals surface area contributed by atoms with Crippen molar-refractivity contribution in [2.24, 2.45) is 4.99 Å². The van der Waals surface area contributed by atoms with E-state index in [4.69, 9.17) is 0 Å². The molecular weight excluding hydrogens is 312 g/mol. The molecule has 1 aliphatic heterocycles. The molecule has 0 saturated carbocycles. The van der Waals surface area contributed by atoms with Crippen LogP contribution in [0.4, 0.5) is 17.6 Å². The molecule has 1 heterocycles. The van der Waals surface area contributed by atoms with Gasteiger partial charge in [-0.25, -0.2) is 8.78 Å². The van der Waals surface area contributed by atoms with E-state index >= 15 is 0 Å². The number of halogens is 4. The summed E-state index contributed by atoms with van der Waals surface area (Å²) < 4.78 is 54.9. The van der Waals surface area contributed by atoms with E-state index in [-0.39, 0.29) is 5.75 Å². The van der Waals surface area contributed by atoms with Crippen LogP contribution >= 0.6 is 0 Å². The molecule has 0 bridgehead atoms. The van der Waals surface area contributed by atoms with Crippen molar-refractivity contribution in [1.29, 1.82) is 0 Å². The summed E-state index contributed by atoms with van der Waals surface area (Å²) in [7, 11) is 0. The van der Waals surface area contributed by atoms with Crippen LogP contribution in [0.25, 0.3) is 6.20 Å². The van der Waals surface area contributed by atoms with Gasteiger partial charge in [0, 0.05) is 24.0 Å². The zero-order valence-electron chi connectivity index (χ0n) is 11.8. The number of ether oxygens (including phenoxy) is 1. The Morgan fingerprint density at radius 3 is 2.48 bits per heavy atom. The maximum absolute atomic E-state index is 13.3. The molecule has 0 atom stereocenters. The minimum absolute atomic E-state index is 0.0824. The number of nitrogens with zero attached hydrogens (tertiary/aromatic N) is 2. The van der Waals surface area contributed by atoms with Crippen molar-refractivity contribution in [3.05, 3.63) is 64.2 Å². The molecule has 0 unspecified atom stereocenters. The fraction of sp³-hybridized carbons (Fsp3) is 0.188. The molecule has 0 aliphatic carbocycles. The van der Waals surface area contributed by atoms with Gasteiger partial charge in [-0.05, 0) is 23.8 Å². The van der Waals surface area contributed by atoms with Gasteiger partial charge in [-0.1, -0.05) is 12.1 Å². The topological polar surface area (TPSA) is 24.8 Å². The Morgan fingerprint density at radius 1 is 1.09 bits per heavy atom. The van der Waals surface area contributed by atoms with Crippen molar-refractivity contribution in [2.75, 3.05) is 6.67 Å². The van der Waals surface area contributed by atoms with Gasteiger partial charge in [0.05, 0.1) is 5.36 Å². The van der Waals surface area contributed by atoms with Gasteiger partial charge in [-0.15, -0.1) is 0 Å². The molecule has 0 amide bonds. The maximum atomic E-state index is 13.3. The third-order valence-electron chi connectivity index (χ3n) is 3.35. The molecule has 0 saturated heterocycles. The fourth-order valence-corrected chi connectivity index (χ4v) is 2.30. The Bertz CT molecular complexity index is 821. The van der Waals surface area contributed by atoms with E-state index in [0.29, 0.717) is 23.8 Å². The molecule has 0 N–H and O–H groups in total. The smallest absolute Gasteiger partial charge is 0.387 e. The summed E-state index contributed by atoms with van der Waals surface area (Å²) in [5.41, 5.74) is 0.851. The van der Waals surface area contributed by atoms with Crippen LogP contribution in [0, 0.1) is 11.6 Å². The lowest BCUT2D eigenvalue weighted by molar-refractivity contribution is -0.0498. The summed E-state index contributed by atoms with van der Waals surface area (Å²) in [6.45, 7) is -2.11. The Kier molecular flexibility index (Phi) is 4.18. The number of hydrogen-bond acceptors (Lipinski definition) is 3. The summed E-state index contributed by atoms with van der Waals surface area (Å²) in [5.74, 6) is -1.77. The zero-order chi connectivity index (χ0) is 16.4. The van der Waals surface area contributed by atoms with Gasteiger partial charge in [0.15, 0.2) is 11.6 Å². The Morgan fingerprint density at radius 2 is 1.78 bits per heavy atom. The first kappa shape index (κ1) is 15.3. The molecule has 7 heteroatoms. The first-order chi connectivity index (χ1) is 11.0. The highest BCUT2D eigenvalue weighted by atomic mass is 19.3. The van der Waals surface area contributed by atoms with Crippen LogP contribution in [0.5, 0.6) is 5.75 Å². The summed E-state index contributed by atoms with van der Waals surface area (Å²) in [6.07, 6.45) is 1.69. The highest BCUT2D eigenvalue weighted by molar-refractivity contribution is 5.30. The number of benzene rings is 2. The second-order valence-corrected chi connectivity index (χ2v) is 5.02. The van der Waals surface area contributed by atoms with Crippen molar-refractivity contribution in [1.82, 2.24) is 4.90 Å². The molecule has 0 radical (unpaired) electrons. The SMILES string of the molecule is Fc1cc2c(cc1F)=NCN(Cc1ccc(OC(F)F)cc1)C=2. The molecule has 0 fully saturated rings. The van der Waals surface area contributed by atoms with Crippen molar-refractivity contribution in [3.8, 4) is 5.75 Å². The monoisotopic (exact) mass is 324 g/mol. The number of alkyl halides is 2. The van der Waals surface area contributed by atoms with Crippen LogP contribution in [0.1, 0.15) is 5.56 Å². The van der Waals surface area contributed by atoms with Crippen molar-refractivity contribution < 1.29 is 22.3 Å². The Hall–Kier alpha value is -2.57. The van der Waals surface area contributed by atoms with E-state index < -0.39 is 18.2 Å². The van der Waals surface area contributed by atoms with E-state index in [1.54, 1.807) is 18.3 Å². The summed E-state index contributed by atoms with van der Waals surface area (Å²) in [5, 5.41) is 0.897. The molecule has 0 aromatic heterocycles. The van der Waals surface area contributed by atoms with Crippen LogP contribution in [-0.2, 0) is 6.54 Å². The quantitative estimate of drug-likeness (QED) is 0.807. The average Bonchev–Trinajstić information content (AvgIpc) is 2.50. The minimum atomic E-state index is -2.86. The molecule has 2 aromatic rings. The molecule has 120 valence electrons. The largest absolute Gasteiger partial charge is 0.435 e. The van der Waals surface area contributed by atoms with Crippen LogP contribution in [0.2, 0.25) is 0 Å². The van der Waals surface area contributed by atoms with Gasteiger partial charge in [0.2, 0.25) is 0 Å². The lowest BCUT2D eigenvalue weighted by Crippen LogP contribution is -2.36. The number of rotatable bonds is 4. The first-order valence-corrected chi connectivity index (χ1v) is 6.80. The van der Waals surface area contributed by atoms with E-state index in [2.05, 4.69) is 9.73 Å². The van der Waals surface area contributed by atoms with E-state index in [0.717, 1.165) is 17.7 Å². The molecular formula is C16H12F4N2O. The molecule has 2 aromatic carbocycles. The average molecular weight is 324 g/mol. The van der Waals surface area contributed by atoms with Gasteiger partial charge in [0.1, 0.15) is 12.4 Å². The maximum Gasteiger partial charge on any atom is 0.387 e. The van der Waals surface area contributed by atoms with E-state index in [9.17, 15) is 17.6 Å². The molecule has 23 heavy (non-hydrogen) atoms. The van der Waals surface area contributed by atoms with Gasteiger partial charge >= 0.3 is 6.61 Å². The molecule has 0 spiro atoms.